The van der Waals surface area contributed by atoms with Gasteiger partial charge in [0.25, 0.3) is 0 Å². The van der Waals surface area contributed by atoms with Crippen LogP contribution >= 0.6 is 24.6 Å². The molecule has 0 saturated heterocycles. The van der Waals surface area contributed by atoms with Gasteiger partial charge in [0, 0.05) is 10.6 Å². The van der Waals surface area contributed by atoms with Crippen LogP contribution in [0, 0.1) is 0 Å². The van der Waals surface area contributed by atoms with E-state index in [-0.39, 0.29) is 0 Å². The van der Waals surface area contributed by atoms with E-state index in [9.17, 15) is 0 Å². The van der Waals surface area contributed by atoms with E-state index < -0.39 is 0 Å². The van der Waals surface area contributed by atoms with Gasteiger partial charge >= 0.3 is 0 Å². The summed E-state index contributed by atoms with van der Waals surface area (Å²) in [5.41, 5.74) is 6.20. The van der Waals surface area contributed by atoms with E-state index in [1.165, 1.54) is 50.5 Å². The van der Waals surface area contributed by atoms with Crippen LogP contribution in [0.3, 0.4) is 0 Å². The third kappa shape index (κ3) is 10.8. The number of rotatable bonds is 7. The monoisotopic (exact) mass is 286 g/mol. The van der Waals surface area contributed by atoms with Gasteiger partial charge in [-0.25, -0.2) is 0 Å². The van der Waals surface area contributed by atoms with Crippen molar-refractivity contribution in [3.63, 3.8) is 0 Å². The molecule has 2 nitrogen and oxygen atoms in total. The van der Waals surface area contributed by atoms with Gasteiger partial charge in [-0.1, -0.05) is 39.0 Å². The average Bonchev–Trinajstić information content (AvgIpc) is 2.40. The Morgan fingerprint density at radius 1 is 1.00 bits per heavy atom. The molecule has 0 aliphatic carbocycles. The number of unbranched alkanes of at least 4 members (excludes halogenated alkanes) is 5. The van der Waals surface area contributed by atoms with Crippen LogP contribution in [0.2, 0.25) is 0 Å². The van der Waals surface area contributed by atoms with Crippen molar-refractivity contribution in [2.75, 3.05) is 11.5 Å². The summed E-state index contributed by atoms with van der Waals surface area (Å²) in [6, 6.07) is 7.43. The number of hydrogen-bond donors (Lipinski definition) is 3. The molecule has 18 heavy (non-hydrogen) atoms. The van der Waals surface area contributed by atoms with Crippen molar-refractivity contribution in [3.8, 4) is 0 Å². The third-order valence-corrected chi connectivity index (χ3v) is 3.39. The fraction of sp³-hybridized carbons (Fsp3) is 0.571. The molecular formula is C14H26N2S2. The molecule has 0 bridgehead atoms. The molecule has 0 radical (unpaired) electrons. The maximum absolute atomic E-state index is 5.43. The molecule has 0 aliphatic rings. The molecule has 0 atom stereocenters. The lowest BCUT2D eigenvalue weighted by molar-refractivity contribution is 0.627. The number of nitrogens with two attached hydrogens (primary N) is 2. The number of anilines is 1. The van der Waals surface area contributed by atoms with Crippen LogP contribution in [0.25, 0.3) is 0 Å². The predicted molar refractivity (Wildman–Crippen MR) is 88.1 cm³/mol. The van der Waals surface area contributed by atoms with Crippen molar-refractivity contribution in [3.05, 3.63) is 24.3 Å². The Hall–Kier alpha value is -0.320. The summed E-state index contributed by atoms with van der Waals surface area (Å²) in [5.74, 6) is 1.06. The molecule has 0 spiro atoms. The van der Waals surface area contributed by atoms with Crippen LogP contribution in [-0.4, -0.2) is 5.75 Å². The van der Waals surface area contributed by atoms with Gasteiger partial charge in [0.2, 0.25) is 0 Å². The summed E-state index contributed by atoms with van der Waals surface area (Å²) >= 11 is 5.37. The van der Waals surface area contributed by atoms with Gasteiger partial charge in [-0.2, -0.15) is 12.6 Å². The first-order valence-corrected chi connectivity index (χ1v) is 8.09. The zero-order chi connectivity index (χ0) is 13.6. The highest BCUT2D eigenvalue weighted by atomic mass is 32.2. The molecule has 0 aliphatic heterocycles. The normalized spacial score (nSPS) is 9.72. The molecule has 0 saturated carbocycles. The van der Waals surface area contributed by atoms with Gasteiger partial charge in [0.05, 0.1) is 0 Å². The zero-order valence-electron chi connectivity index (χ0n) is 11.3. The second kappa shape index (κ2) is 13.1. The quantitative estimate of drug-likeness (QED) is 0.299. The Kier molecular flexibility index (Phi) is 12.9. The number of thiol groups is 1. The number of benzene rings is 1. The van der Waals surface area contributed by atoms with Crippen molar-refractivity contribution in [1.29, 1.82) is 0 Å². The average molecular weight is 287 g/mol. The Bertz CT molecular complexity index is 270. The van der Waals surface area contributed by atoms with Gasteiger partial charge in [-0.15, -0.1) is 0 Å². The van der Waals surface area contributed by atoms with Gasteiger partial charge in [0.15, 0.2) is 0 Å². The van der Waals surface area contributed by atoms with E-state index >= 15 is 0 Å². The van der Waals surface area contributed by atoms with Crippen LogP contribution < -0.4 is 10.9 Å². The number of nitrogen functional groups attached to an aromatic ring is 1. The van der Waals surface area contributed by atoms with Gasteiger partial charge < -0.3 is 5.73 Å². The summed E-state index contributed by atoms with van der Waals surface area (Å²) in [6.45, 7) is 2.25. The first-order valence-electron chi connectivity index (χ1n) is 6.57. The van der Waals surface area contributed by atoms with Crippen molar-refractivity contribution < 1.29 is 0 Å². The van der Waals surface area contributed by atoms with Crippen molar-refractivity contribution in [1.82, 2.24) is 0 Å². The topological polar surface area (TPSA) is 52.0 Å². The minimum Gasteiger partial charge on any atom is -0.399 e. The second-order valence-electron chi connectivity index (χ2n) is 4.18. The maximum atomic E-state index is 5.43. The third-order valence-electron chi connectivity index (χ3n) is 2.53. The van der Waals surface area contributed by atoms with Crippen LogP contribution in [0.1, 0.15) is 45.4 Å². The molecule has 1 aromatic carbocycles. The molecular weight excluding hydrogens is 260 g/mol. The SMILES string of the molecule is CCCCCCCCS.NSc1ccc(N)cc1. The predicted octanol–water partition coefficient (Wildman–Crippen LogP) is 4.51. The van der Waals surface area contributed by atoms with E-state index in [1.807, 2.05) is 24.3 Å². The maximum Gasteiger partial charge on any atom is 0.0314 e. The molecule has 0 aromatic heterocycles. The highest BCUT2D eigenvalue weighted by Gasteiger charge is 1.87. The smallest absolute Gasteiger partial charge is 0.0314 e. The fourth-order valence-electron chi connectivity index (χ4n) is 1.44. The minimum absolute atomic E-state index is 0.771. The largest absolute Gasteiger partial charge is 0.399 e. The molecule has 1 rings (SSSR count). The van der Waals surface area contributed by atoms with Crippen molar-refractivity contribution in [2.45, 2.75) is 50.3 Å². The van der Waals surface area contributed by atoms with Crippen LogP contribution in [0.4, 0.5) is 5.69 Å². The first-order chi connectivity index (χ1) is 8.74. The van der Waals surface area contributed by atoms with Gasteiger partial charge in [0.1, 0.15) is 0 Å². The summed E-state index contributed by atoms with van der Waals surface area (Å²) in [5, 5.41) is 5.28. The van der Waals surface area contributed by atoms with Gasteiger partial charge in [-0.05, 0) is 48.4 Å². The lowest BCUT2D eigenvalue weighted by Crippen LogP contribution is -1.83. The molecule has 0 unspecified atom stereocenters. The second-order valence-corrected chi connectivity index (χ2v) is 5.33. The van der Waals surface area contributed by atoms with E-state index in [2.05, 4.69) is 19.6 Å². The Balaban J connectivity index is 0.000000321. The molecule has 0 fully saturated rings. The van der Waals surface area contributed by atoms with Crippen molar-refractivity contribution in [2.24, 2.45) is 5.14 Å². The zero-order valence-corrected chi connectivity index (χ0v) is 13.0. The van der Waals surface area contributed by atoms with Crippen LogP contribution in [0.5, 0.6) is 0 Å². The summed E-state index contributed by atoms with van der Waals surface area (Å²) < 4.78 is 0. The van der Waals surface area contributed by atoms with Crippen LogP contribution in [0.15, 0.2) is 29.2 Å². The lowest BCUT2D eigenvalue weighted by Gasteiger charge is -1.95. The molecule has 104 valence electrons. The molecule has 0 amide bonds. The van der Waals surface area contributed by atoms with E-state index in [1.54, 1.807) is 0 Å². The summed E-state index contributed by atoms with van der Waals surface area (Å²) in [4.78, 5) is 1.03. The Labute approximate surface area is 121 Å². The lowest BCUT2D eigenvalue weighted by atomic mass is 10.1. The molecule has 0 heterocycles. The highest BCUT2D eigenvalue weighted by molar-refractivity contribution is 7.97. The van der Waals surface area contributed by atoms with E-state index in [0.29, 0.717) is 0 Å². The highest BCUT2D eigenvalue weighted by Crippen LogP contribution is 2.12. The van der Waals surface area contributed by atoms with Crippen molar-refractivity contribution >= 4 is 30.3 Å². The molecule has 1 aromatic rings. The Morgan fingerprint density at radius 3 is 2.06 bits per heavy atom. The van der Waals surface area contributed by atoms with E-state index in [0.717, 1.165) is 16.3 Å². The summed E-state index contributed by atoms with van der Waals surface area (Å²) in [6.07, 6.45) is 8.27. The molecule has 4 N–H and O–H groups in total. The van der Waals surface area contributed by atoms with E-state index in [4.69, 9.17) is 10.9 Å². The van der Waals surface area contributed by atoms with Crippen LogP contribution in [-0.2, 0) is 0 Å². The fourth-order valence-corrected chi connectivity index (χ4v) is 1.96. The standard InChI is InChI=1S/C8H18S.C6H8N2S/c1-2-3-4-5-6-7-8-9;7-5-1-3-6(9-8)4-2-5/h9H,2-8H2,1H3;1-4H,7-8H2. The molecule has 4 heteroatoms. The minimum atomic E-state index is 0.771. The van der Waals surface area contributed by atoms with Gasteiger partial charge in [-0.3, -0.25) is 5.14 Å². The summed E-state index contributed by atoms with van der Waals surface area (Å²) in [7, 11) is 0. The number of hydrogen-bond acceptors (Lipinski definition) is 4. The first kappa shape index (κ1) is 17.7. The Morgan fingerprint density at radius 2 is 1.56 bits per heavy atom.